The number of esters is 1. The maximum absolute atomic E-state index is 14.1. The van der Waals surface area contributed by atoms with Crippen LogP contribution in [0.5, 0.6) is 17.2 Å². The number of hydrogen-bond donors (Lipinski definition) is 0. The van der Waals surface area contributed by atoms with Crippen molar-refractivity contribution in [1.82, 2.24) is 0 Å². The van der Waals surface area contributed by atoms with Gasteiger partial charge in [0.15, 0.2) is 11.5 Å². The van der Waals surface area contributed by atoms with Gasteiger partial charge in [0.05, 0.1) is 23.4 Å². The number of amides is 2. The molecule has 4 aromatic carbocycles. The average molecular weight is 550 g/mol. The Balaban J connectivity index is 1.35. The largest absolute Gasteiger partial charge is 0.454 e. The molecule has 1 saturated heterocycles. The molecule has 3 aliphatic heterocycles. The Labute approximate surface area is 233 Å². The molecule has 1 fully saturated rings. The third kappa shape index (κ3) is 3.21. The maximum Gasteiger partial charge on any atom is 0.319 e. The molecule has 0 unspecified atom stereocenters. The van der Waals surface area contributed by atoms with Crippen molar-refractivity contribution in [2.75, 3.05) is 11.7 Å². The standard InChI is InChI=1S/C32H20ClNO6/c33-18-5-3-6-19(13-18)34-30(35)26-22(17-9-11-24-25(12-17)39-15-38-24)14-23-21-10-8-16-4-1-2-7-20(16)29(21)40-32(37)27(23)28(26)31(34)36/h1-14,22,26-28H,15H2/t22-,26+,27+,28-/m1/s1. The predicted octanol–water partition coefficient (Wildman–Crippen LogP) is 5.74. The van der Waals surface area contributed by atoms with Gasteiger partial charge in [-0.05, 0) is 46.9 Å². The van der Waals surface area contributed by atoms with E-state index in [0.29, 0.717) is 33.5 Å². The molecule has 2 amide bonds. The van der Waals surface area contributed by atoms with Gasteiger partial charge in [0, 0.05) is 21.9 Å². The first-order valence-corrected chi connectivity index (χ1v) is 13.4. The maximum atomic E-state index is 14.1. The number of anilines is 1. The van der Waals surface area contributed by atoms with Gasteiger partial charge in [-0.15, -0.1) is 0 Å². The third-order valence-electron chi connectivity index (χ3n) is 8.33. The van der Waals surface area contributed by atoms with E-state index in [2.05, 4.69) is 0 Å². The first-order valence-electron chi connectivity index (χ1n) is 13.0. The normalized spacial score (nSPS) is 24.4. The summed E-state index contributed by atoms with van der Waals surface area (Å²) in [6.45, 7) is 0.116. The summed E-state index contributed by atoms with van der Waals surface area (Å²) in [5.41, 5.74) is 2.60. The van der Waals surface area contributed by atoms with Crippen LogP contribution in [0.2, 0.25) is 5.02 Å². The van der Waals surface area contributed by atoms with Gasteiger partial charge in [-0.25, -0.2) is 4.90 Å². The van der Waals surface area contributed by atoms with Crippen molar-refractivity contribution in [2.45, 2.75) is 5.92 Å². The fraction of sp³-hybridized carbons (Fsp3) is 0.156. The molecule has 0 bridgehead atoms. The van der Waals surface area contributed by atoms with Crippen molar-refractivity contribution in [1.29, 1.82) is 0 Å². The van der Waals surface area contributed by atoms with Crippen LogP contribution in [0.3, 0.4) is 0 Å². The van der Waals surface area contributed by atoms with Crippen molar-refractivity contribution in [2.24, 2.45) is 17.8 Å². The van der Waals surface area contributed by atoms with E-state index in [1.165, 1.54) is 4.90 Å². The number of carbonyl (C=O) groups is 3. The minimum Gasteiger partial charge on any atom is -0.454 e. The first kappa shape index (κ1) is 23.3. The molecular weight excluding hydrogens is 530 g/mol. The third-order valence-corrected chi connectivity index (χ3v) is 8.57. The monoisotopic (exact) mass is 549 g/mol. The van der Waals surface area contributed by atoms with Crippen LogP contribution in [0.4, 0.5) is 5.69 Å². The van der Waals surface area contributed by atoms with Crippen LogP contribution in [-0.4, -0.2) is 24.6 Å². The van der Waals surface area contributed by atoms with Crippen LogP contribution in [-0.2, 0) is 14.4 Å². The predicted molar refractivity (Wildman–Crippen MR) is 147 cm³/mol. The summed E-state index contributed by atoms with van der Waals surface area (Å²) in [4.78, 5) is 43.1. The Morgan fingerprint density at radius 1 is 0.800 bits per heavy atom. The summed E-state index contributed by atoms with van der Waals surface area (Å²) in [5.74, 6) is -2.90. The Morgan fingerprint density at radius 2 is 1.62 bits per heavy atom. The summed E-state index contributed by atoms with van der Waals surface area (Å²) in [6.07, 6.45) is 1.96. The summed E-state index contributed by atoms with van der Waals surface area (Å²) < 4.78 is 17.1. The Bertz CT molecular complexity index is 1830. The highest BCUT2D eigenvalue weighted by atomic mass is 35.5. The fourth-order valence-electron chi connectivity index (χ4n) is 6.60. The Kier molecular flexibility index (Phi) is 4.91. The highest BCUT2D eigenvalue weighted by molar-refractivity contribution is 6.31. The van der Waals surface area contributed by atoms with Crippen molar-refractivity contribution in [3.63, 3.8) is 0 Å². The number of allylic oxidation sites excluding steroid dienone is 1. The van der Waals surface area contributed by atoms with Crippen molar-refractivity contribution in [3.8, 4) is 17.2 Å². The van der Waals surface area contributed by atoms with Crippen molar-refractivity contribution in [3.05, 3.63) is 101 Å². The number of hydrogen-bond acceptors (Lipinski definition) is 6. The molecule has 0 spiro atoms. The Hall–Kier alpha value is -4.62. The lowest BCUT2D eigenvalue weighted by Crippen LogP contribution is -2.42. The summed E-state index contributed by atoms with van der Waals surface area (Å²) in [5, 5.41) is 2.15. The number of nitrogens with zero attached hydrogens (tertiary/aromatic N) is 1. The lowest BCUT2D eigenvalue weighted by molar-refractivity contribution is -0.142. The number of ether oxygens (including phenoxy) is 3. The lowest BCUT2D eigenvalue weighted by Gasteiger charge is -2.38. The zero-order valence-electron chi connectivity index (χ0n) is 20.9. The van der Waals surface area contributed by atoms with Crippen LogP contribution in [0, 0.1) is 17.8 Å². The quantitative estimate of drug-likeness (QED) is 0.180. The van der Waals surface area contributed by atoms with Gasteiger partial charge < -0.3 is 14.2 Å². The van der Waals surface area contributed by atoms with Gasteiger partial charge in [-0.2, -0.15) is 0 Å². The molecule has 4 aromatic rings. The molecule has 8 rings (SSSR count). The highest BCUT2D eigenvalue weighted by Crippen LogP contribution is 2.56. The van der Waals surface area contributed by atoms with E-state index < -0.39 is 35.5 Å². The zero-order valence-corrected chi connectivity index (χ0v) is 21.6. The highest BCUT2D eigenvalue weighted by Gasteiger charge is 2.60. The summed E-state index contributed by atoms with van der Waals surface area (Å²) >= 11 is 6.23. The molecule has 0 N–H and O–H groups in total. The van der Waals surface area contributed by atoms with E-state index in [0.717, 1.165) is 21.9 Å². The zero-order chi connectivity index (χ0) is 27.1. The molecule has 8 heteroatoms. The van der Waals surface area contributed by atoms with Gasteiger partial charge in [0.25, 0.3) is 0 Å². The van der Waals surface area contributed by atoms with Gasteiger partial charge in [0.2, 0.25) is 18.6 Å². The summed E-state index contributed by atoms with van der Waals surface area (Å²) in [7, 11) is 0. The molecule has 0 aromatic heterocycles. The number of halogens is 1. The molecule has 4 atom stereocenters. The number of carbonyl (C=O) groups excluding carboxylic acids is 3. The number of imide groups is 1. The SMILES string of the molecule is O=C1Oc2c(ccc3ccccc23)C2=C[C@H](c3ccc4c(c3)OCO4)[C@@H]3C(=O)N(c4cccc(Cl)c4)C(=O)[C@H]3[C@@H]12. The molecule has 1 aliphatic carbocycles. The molecule has 196 valence electrons. The molecule has 4 aliphatic rings. The second kappa shape index (κ2) is 8.44. The summed E-state index contributed by atoms with van der Waals surface area (Å²) in [6, 6.07) is 23.8. The van der Waals surface area contributed by atoms with E-state index >= 15 is 0 Å². The van der Waals surface area contributed by atoms with Crippen LogP contribution < -0.4 is 19.1 Å². The molecule has 40 heavy (non-hydrogen) atoms. The second-order valence-corrected chi connectivity index (χ2v) is 10.8. The van der Waals surface area contributed by atoms with Crippen molar-refractivity contribution < 1.29 is 28.6 Å². The fourth-order valence-corrected chi connectivity index (χ4v) is 6.79. The van der Waals surface area contributed by atoms with Gasteiger partial charge >= 0.3 is 5.97 Å². The topological polar surface area (TPSA) is 82.1 Å². The van der Waals surface area contributed by atoms with Gasteiger partial charge in [-0.1, -0.05) is 66.2 Å². The number of benzene rings is 4. The first-order chi connectivity index (χ1) is 19.5. The minimum absolute atomic E-state index is 0.116. The smallest absolute Gasteiger partial charge is 0.319 e. The molecule has 7 nitrogen and oxygen atoms in total. The minimum atomic E-state index is -0.950. The van der Waals surface area contributed by atoms with Crippen molar-refractivity contribution >= 4 is 51.4 Å². The number of rotatable bonds is 2. The van der Waals surface area contributed by atoms with E-state index in [1.807, 2.05) is 60.7 Å². The van der Waals surface area contributed by atoms with E-state index in [9.17, 15) is 14.4 Å². The molecule has 3 heterocycles. The van der Waals surface area contributed by atoms with Gasteiger partial charge in [0.1, 0.15) is 5.75 Å². The molecular formula is C32H20ClNO6. The Morgan fingerprint density at radius 3 is 2.50 bits per heavy atom. The molecule has 0 radical (unpaired) electrons. The molecule has 0 saturated carbocycles. The van der Waals surface area contributed by atoms with Crippen LogP contribution in [0.15, 0.2) is 84.9 Å². The van der Waals surface area contributed by atoms with E-state index in [1.54, 1.807) is 24.3 Å². The second-order valence-electron chi connectivity index (χ2n) is 10.4. The van der Waals surface area contributed by atoms with Crippen LogP contribution >= 0.6 is 11.6 Å². The average Bonchev–Trinajstić information content (AvgIpc) is 3.54. The number of fused-ring (bicyclic) bond motifs is 8. The van der Waals surface area contributed by atoms with Gasteiger partial charge in [-0.3, -0.25) is 14.4 Å². The van der Waals surface area contributed by atoms with E-state index in [4.69, 9.17) is 25.8 Å². The van der Waals surface area contributed by atoms with E-state index in [-0.39, 0.29) is 12.7 Å². The lowest BCUT2D eigenvalue weighted by atomic mass is 9.64. The van der Waals surface area contributed by atoms with Crippen LogP contribution in [0.1, 0.15) is 17.0 Å². The van der Waals surface area contributed by atoms with Crippen LogP contribution in [0.25, 0.3) is 16.3 Å².